The summed E-state index contributed by atoms with van der Waals surface area (Å²) in [6.45, 7) is 2.17. The number of carbonyl (C=O) groups is 3. The number of hydrogen-bond donors (Lipinski definition) is 2. The quantitative estimate of drug-likeness (QED) is 0.589. The van der Waals surface area contributed by atoms with E-state index in [0.29, 0.717) is 25.8 Å². The van der Waals surface area contributed by atoms with E-state index >= 15 is 0 Å². The monoisotopic (exact) mass is 448 g/mol. The summed E-state index contributed by atoms with van der Waals surface area (Å²) >= 11 is 1.88. The first-order valence-corrected chi connectivity index (χ1v) is 12.0. The molecule has 3 atom stereocenters. The molecule has 170 valence electrons. The molecule has 2 fully saturated rings. The summed E-state index contributed by atoms with van der Waals surface area (Å²) in [6.07, 6.45) is 3.54. The number of benzene rings is 1. The third-order valence-electron chi connectivity index (χ3n) is 6.50. The molecule has 1 unspecified atom stereocenters. The number of carboxylic acids is 1. The van der Waals surface area contributed by atoms with Crippen LogP contribution >= 0.6 is 11.8 Å². The summed E-state index contributed by atoms with van der Waals surface area (Å²) in [5, 5.41) is 12.9. The number of esters is 1. The van der Waals surface area contributed by atoms with E-state index in [2.05, 4.69) is 5.32 Å². The van der Waals surface area contributed by atoms with E-state index in [1.54, 1.807) is 6.92 Å². The van der Waals surface area contributed by atoms with E-state index in [9.17, 15) is 19.5 Å². The minimum atomic E-state index is -0.954. The number of amides is 1. The Hall–Kier alpha value is -2.06. The van der Waals surface area contributed by atoms with Crippen molar-refractivity contribution in [2.24, 2.45) is 5.41 Å². The SMILES string of the molecule is COC(=O)[C@H](CCc1ccccc1)NC(C)C(=O)N1CC2(CCSCC2)C[C@H]1C(=O)O. The van der Waals surface area contributed by atoms with Gasteiger partial charge in [0, 0.05) is 6.54 Å². The standard InChI is InChI=1S/C23H32N2O5S/c1-16(24-18(22(29)30-2)9-8-17-6-4-3-5-7-17)20(26)25-15-23(10-12-31-13-11-23)14-19(25)21(27)28/h3-7,16,18-19,24H,8-15H2,1-2H3,(H,27,28)/t16?,18-,19-/m0/s1. The molecule has 2 heterocycles. The molecule has 2 saturated heterocycles. The maximum atomic E-state index is 13.2. The minimum Gasteiger partial charge on any atom is -0.480 e. The average molecular weight is 449 g/mol. The Morgan fingerprint density at radius 3 is 2.55 bits per heavy atom. The Morgan fingerprint density at radius 2 is 1.94 bits per heavy atom. The molecule has 31 heavy (non-hydrogen) atoms. The van der Waals surface area contributed by atoms with Crippen molar-refractivity contribution in [2.45, 2.75) is 57.2 Å². The molecule has 0 bridgehead atoms. The van der Waals surface area contributed by atoms with Crippen LogP contribution in [0.3, 0.4) is 0 Å². The lowest BCUT2D eigenvalue weighted by atomic mass is 9.80. The van der Waals surface area contributed by atoms with E-state index < -0.39 is 30.1 Å². The Labute approximate surface area is 187 Å². The molecule has 0 aromatic heterocycles. The van der Waals surface area contributed by atoms with Gasteiger partial charge in [-0.2, -0.15) is 11.8 Å². The molecule has 8 heteroatoms. The zero-order chi connectivity index (χ0) is 22.4. The molecular formula is C23H32N2O5S. The number of likely N-dealkylation sites (tertiary alicyclic amines) is 1. The van der Waals surface area contributed by atoms with Gasteiger partial charge in [0.2, 0.25) is 5.91 Å². The number of carboxylic acid groups (broad SMARTS) is 1. The fourth-order valence-corrected chi connectivity index (χ4v) is 6.02. The number of nitrogens with zero attached hydrogens (tertiary/aromatic N) is 1. The highest BCUT2D eigenvalue weighted by molar-refractivity contribution is 7.99. The molecule has 7 nitrogen and oxygen atoms in total. The molecule has 2 aliphatic rings. The molecule has 1 spiro atoms. The van der Waals surface area contributed by atoms with E-state index in [0.717, 1.165) is 29.9 Å². The van der Waals surface area contributed by atoms with Crippen molar-refractivity contribution in [1.82, 2.24) is 10.2 Å². The highest BCUT2D eigenvalue weighted by Crippen LogP contribution is 2.45. The summed E-state index contributed by atoms with van der Waals surface area (Å²) in [7, 11) is 1.33. The first-order valence-electron chi connectivity index (χ1n) is 10.8. The topological polar surface area (TPSA) is 95.9 Å². The predicted molar refractivity (Wildman–Crippen MR) is 120 cm³/mol. The highest BCUT2D eigenvalue weighted by atomic mass is 32.2. The van der Waals surface area contributed by atoms with Gasteiger partial charge >= 0.3 is 11.9 Å². The molecule has 1 amide bonds. The molecule has 3 rings (SSSR count). The summed E-state index contributed by atoms with van der Waals surface area (Å²) in [4.78, 5) is 39.0. The van der Waals surface area contributed by atoms with Crippen LogP contribution in [0, 0.1) is 5.41 Å². The van der Waals surface area contributed by atoms with Gasteiger partial charge in [0.05, 0.1) is 13.2 Å². The highest BCUT2D eigenvalue weighted by Gasteiger charge is 2.49. The fraction of sp³-hybridized carbons (Fsp3) is 0.609. The normalized spacial score (nSPS) is 22.1. The van der Waals surface area contributed by atoms with E-state index in [-0.39, 0.29) is 11.3 Å². The van der Waals surface area contributed by atoms with Gasteiger partial charge in [0.15, 0.2) is 0 Å². The molecule has 1 aromatic carbocycles. The predicted octanol–water partition coefficient (Wildman–Crippen LogP) is 2.34. The molecule has 0 aliphatic carbocycles. The first kappa shape index (κ1) is 23.6. The zero-order valence-corrected chi connectivity index (χ0v) is 19.0. The number of thioether (sulfide) groups is 1. The second kappa shape index (κ2) is 10.5. The van der Waals surface area contributed by atoms with Gasteiger partial charge in [-0.1, -0.05) is 30.3 Å². The summed E-state index contributed by atoms with van der Waals surface area (Å²) < 4.78 is 4.93. The van der Waals surface area contributed by atoms with Crippen LogP contribution in [-0.2, 0) is 25.5 Å². The van der Waals surface area contributed by atoms with Crippen molar-refractivity contribution >= 4 is 29.6 Å². The minimum absolute atomic E-state index is 0.0985. The van der Waals surface area contributed by atoms with Crippen LogP contribution < -0.4 is 5.32 Å². The Balaban J connectivity index is 1.67. The van der Waals surface area contributed by atoms with Gasteiger partial charge in [-0.05, 0) is 61.5 Å². The third kappa shape index (κ3) is 5.80. The van der Waals surface area contributed by atoms with Crippen LogP contribution in [0.15, 0.2) is 30.3 Å². The van der Waals surface area contributed by atoms with E-state index in [4.69, 9.17) is 4.74 Å². The summed E-state index contributed by atoms with van der Waals surface area (Å²) in [6, 6.07) is 7.68. The molecular weight excluding hydrogens is 416 g/mol. The van der Waals surface area contributed by atoms with Gasteiger partial charge in [-0.25, -0.2) is 4.79 Å². The average Bonchev–Trinajstić information content (AvgIpc) is 3.15. The molecule has 2 aliphatic heterocycles. The van der Waals surface area contributed by atoms with Gasteiger partial charge < -0.3 is 14.7 Å². The largest absolute Gasteiger partial charge is 0.480 e. The lowest BCUT2D eigenvalue weighted by molar-refractivity contribution is -0.150. The first-order chi connectivity index (χ1) is 14.8. The molecule has 0 saturated carbocycles. The van der Waals surface area contributed by atoms with Crippen molar-refractivity contribution in [3.8, 4) is 0 Å². The smallest absolute Gasteiger partial charge is 0.326 e. The second-order valence-corrected chi connectivity index (χ2v) is 9.85. The number of carbonyl (C=O) groups excluding carboxylic acids is 2. The van der Waals surface area contributed by atoms with Crippen LogP contribution in [0.25, 0.3) is 0 Å². The number of methoxy groups -OCH3 is 1. The summed E-state index contributed by atoms with van der Waals surface area (Å²) in [5.74, 6) is 0.367. The van der Waals surface area contributed by atoms with Gasteiger partial charge in [-0.15, -0.1) is 0 Å². The van der Waals surface area contributed by atoms with Crippen molar-refractivity contribution in [2.75, 3.05) is 25.2 Å². The maximum Gasteiger partial charge on any atom is 0.326 e. The van der Waals surface area contributed by atoms with Crippen LogP contribution in [0.5, 0.6) is 0 Å². The maximum absolute atomic E-state index is 13.2. The Bertz CT molecular complexity index is 781. The van der Waals surface area contributed by atoms with Gasteiger partial charge in [-0.3, -0.25) is 14.9 Å². The summed E-state index contributed by atoms with van der Waals surface area (Å²) in [5.41, 5.74) is 0.999. The number of aliphatic carboxylic acids is 1. The third-order valence-corrected chi connectivity index (χ3v) is 7.49. The molecule has 1 aromatic rings. The van der Waals surface area contributed by atoms with Crippen molar-refractivity contribution < 1.29 is 24.2 Å². The number of nitrogens with one attached hydrogen (secondary N) is 1. The van der Waals surface area contributed by atoms with E-state index in [1.165, 1.54) is 12.0 Å². The lowest BCUT2D eigenvalue weighted by Crippen LogP contribution is -2.53. The van der Waals surface area contributed by atoms with Crippen LogP contribution in [0.4, 0.5) is 0 Å². The molecule has 0 radical (unpaired) electrons. The second-order valence-electron chi connectivity index (χ2n) is 8.63. The number of rotatable bonds is 8. The van der Waals surface area contributed by atoms with Crippen molar-refractivity contribution in [1.29, 1.82) is 0 Å². The lowest BCUT2D eigenvalue weighted by Gasteiger charge is -2.33. The van der Waals surface area contributed by atoms with Crippen molar-refractivity contribution in [3.63, 3.8) is 0 Å². The van der Waals surface area contributed by atoms with Crippen molar-refractivity contribution in [3.05, 3.63) is 35.9 Å². The van der Waals surface area contributed by atoms with Crippen LogP contribution in [0.1, 0.15) is 38.2 Å². The van der Waals surface area contributed by atoms with E-state index in [1.807, 2.05) is 42.1 Å². The Kier molecular flexibility index (Phi) is 8.00. The van der Waals surface area contributed by atoms with Gasteiger partial charge in [0.25, 0.3) is 0 Å². The molecule has 2 N–H and O–H groups in total. The number of aryl methyl sites for hydroxylation is 1. The number of hydrogen-bond acceptors (Lipinski definition) is 6. The Morgan fingerprint density at radius 1 is 1.26 bits per heavy atom. The van der Waals surface area contributed by atoms with Gasteiger partial charge in [0.1, 0.15) is 12.1 Å². The fourth-order valence-electron chi connectivity index (χ4n) is 4.66. The zero-order valence-electron chi connectivity index (χ0n) is 18.2. The number of ether oxygens (including phenoxy) is 1. The van der Waals surface area contributed by atoms with Crippen LogP contribution in [-0.4, -0.2) is 71.1 Å². The van der Waals surface area contributed by atoms with Crippen LogP contribution in [0.2, 0.25) is 0 Å².